The van der Waals surface area contributed by atoms with Gasteiger partial charge in [-0.05, 0) is 37.6 Å². The Morgan fingerprint density at radius 1 is 0.652 bits per heavy atom. The first-order valence-corrected chi connectivity index (χ1v) is 30.2. The number of methoxy groups -OCH3 is 2. The molecular formula is C43H57F3N4O13SSi2. The van der Waals surface area contributed by atoms with Crippen LogP contribution < -0.4 is 28.7 Å². The van der Waals surface area contributed by atoms with Crippen molar-refractivity contribution < 1.29 is 73.4 Å². The van der Waals surface area contributed by atoms with Crippen LogP contribution in [0.1, 0.15) is 46.9 Å². The van der Waals surface area contributed by atoms with E-state index in [1.807, 2.05) is 6.92 Å². The molecule has 0 aromatic heterocycles. The number of carbonyl (C=O) groups is 4. The molecule has 0 saturated heterocycles. The molecule has 0 radical (unpaired) electrons. The van der Waals surface area contributed by atoms with Crippen molar-refractivity contribution in [3.8, 4) is 23.0 Å². The van der Waals surface area contributed by atoms with E-state index >= 15 is 0 Å². The lowest BCUT2D eigenvalue weighted by molar-refractivity contribution is -0.123. The fraction of sp³-hybridized carbons (Fsp3) is 0.535. The molecule has 66 heavy (non-hydrogen) atoms. The molecule has 0 unspecified atom stereocenters. The van der Waals surface area contributed by atoms with Crippen molar-refractivity contribution in [2.45, 2.75) is 95.1 Å². The molecule has 23 heteroatoms. The molecule has 0 N–H and O–H groups in total. The highest BCUT2D eigenvalue weighted by atomic mass is 32.2. The summed E-state index contributed by atoms with van der Waals surface area (Å²) in [6.07, 6.45) is 2.49. The van der Waals surface area contributed by atoms with E-state index in [4.69, 9.17) is 28.4 Å². The van der Waals surface area contributed by atoms with Crippen LogP contribution in [0.25, 0.3) is 0 Å². The minimum atomic E-state index is -6.08. The standard InChI is InChI=1S/C43H57F3N4O13SSi2/c1-27-17-33-41(53)49(25-59-13-15-65(4,5)6)31-21-37(35(57-2)19-29(31)39(51)47(33)23-27)61-11-10-12-62-38-22-32-30(20-36(38)58-3)40(52)48-24-28(63-64(55,56)43(44,45)46)18-34(48)42(54)50(32)26-60-14-16-66(7,8)9/h19-24,33-34H,10-18,25-26H2,1-9H3/t33-,34-/m0/s1. The average molecular weight is 983 g/mol. The molecule has 4 heterocycles. The molecule has 2 aromatic rings. The number of hydrogen-bond donors (Lipinski definition) is 0. The Hall–Kier alpha value is -5.11. The fourth-order valence-corrected chi connectivity index (χ4v) is 9.49. The number of rotatable bonds is 20. The van der Waals surface area contributed by atoms with Gasteiger partial charge in [-0.1, -0.05) is 44.9 Å². The van der Waals surface area contributed by atoms with Crippen LogP contribution in [-0.2, 0) is 33.4 Å². The third kappa shape index (κ3) is 11.2. The minimum absolute atomic E-state index is 0.0270. The Kier molecular flexibility index (Phi) is 15.0. The molecule has 17 nitrogen and oxygen atoms in total. The normalized spacial score (nSPS) is 18.8. The number of hydrogen-bond acceptors (Lipinski definition) is 13. The number of nitrogens with zero attached hydrogens (tertiary/aromatic N) is 4. The second-order valence-electron chi connectivity index (χ2n) is 18.7. The molecule has 0 bridgehead atoms. The highest BCUT2D eigenvalue weighted by Gasteiger charge is 2.51. The van der Waals surface area contributed by atoms with Crippen LogP contribution in [0, 0.1) is 0 Å². The van der Waals surface area contributed by atoms with Gasteiger partial charge in [0, 0.05) is 66.7 Å². The van der Waals surface area contributed by atoms with Gasteiger partial charge < -0.3 is 37.5 Å². The Labute approximate surface area is 384 Å². The summed E-state index contributed by atoms with van der Waals surface area (Å²) in [6.45, 7) is 15.4. The van der Waals surface area contributed by atoms with Crippen LogP contribution in [0.2, 0.25) is 51.4 Å². The van der Waals surface area contributed by atoms with E-state index in [-0.39, 0.29) is 91.3 Å². The van der Waals surface area contributed by atoms with Gasteiger partial charge in [-0.15, -0.1) is 0 Å². The second kappa shape index (κ2) is 19.6. The summed E-state index contributed by atoms with van der Waals surface area (Å²) in [5.74, 6) is -2.24. The van der Waals surface area contributed by atoms with E-state index in [1.54, 1.807) is 18.3 Å². The quantitative estimate of drug-likeness (QED) is 0.0579. The topological polar surface area (TPSA) is 180 Å². The van der Waals surface area contributed by atoms with Crippen molar-refractivity contribution in [3.63, 3.8) is 0 Å². The number of amides is 4. The first-order valence-electron chi connectivity index (χ1n) is 21.4. The van der Waals surface area contributed by atoms with E-state index in [9.17, 15) is 40.8 Å². The van der Waals surface area contributed by atoms with Crippen LogP contribution in [0.4, 0.5) is 24.5 Å². The summed E-state index contributed by atoms with van der Waals surface area (Å²) >= 11 is 0. The SMILES string of the molecule is COc1cc2c(cc1OCCCOc1cc3c(cc1OC)C(=O)N1C=C(OS(=O)(=O)C(F)(F)F)C[C@H]1C(=O)N3COCC[Si](C)(C)C)N(COCC[Si](C)(C)C)C(=O)[C@@H]1CC(C)=CN1C2=O. The van der Waals surface area contributed by atoms with Gasteiger partial charge in [0.25, 0.3) is 23.6 Å². The number of alkyl halides is 3. The monoisotopic (exact) mass is 982 g/mol. The van der Waals surface area contributed by atoms with Gasteiger partial charge in [0.1, 0.15) is 31.3 Å². The minimum Gasteiger partial charge on any atom is -0.493 e. The highest BCUT2D eigenvalue weighted by Crippen LogP contribution is 2.43. The van der Waals surface area contributed by atoms with E-state index in [0.29, 0.717) is 18.7 Å². The zero-order valence-corrected chi connectivity index (χ0v) is 41.4. The number of fused-ring (bicyclic) bond motifs is 4. The molecule has 4 aliphatic rings. The van der Waals surface area contributed by atoms with Crippen LogP contribution in [-0.4, -0.2) is 130 Å². The lowest BCUT2D eigenvalue weighted by Crippen LogP contribution is -2.45. The van der Waals surface area contributed by atoms with Crippen LogP contribution in [0.3, 0.4) is 0 Å². The molecule has 362 valence electrons. The molecule has 0 saturated carbocycles. The molecule has 0 aliphatic carbocycles. The predicted molar refractivity (Wildman–Crippen MR) is 242 cm³/mol. The zero-order chi connectivity index (χ0) is 48.5. The molecule has 0 fully saturated rings. The van der Waals surface area contributed by atoms with Crippen molar-refractivity contribution >= 4 is 61.3 Å². The van der Waals surface area contributed by atoms with Gasteiger partial charge in [-0.25, -0.2) is 0 Å². The lowest BCUT2D eigenvalue weighted by atomic mass is 10.1. The number of benzene rings is 2. The van der Waals surface area contributed by atoms with Gasteiger partial charge in [0.15, 0.2) is 23.0 Å². The van der Waals surface area contributed by atoms with E-state index in [0.717, 1.165) is 33.7 Å². The van der Waals surface area contributed by atoms with Crippen molar-refractivity contribution in [1.29, 1.82) is 0 Å². The van der Waals surface area contributed by atoms with E-state index in [1.165, 1.54) is 36.2 Å². The number of anilines is 2. The summed E-state index contributed by atoms with van der Waals surface area (Å²) in [5.41, 5.74) is -4.30. The Bertz CT molecular complexity index is 2400. The summed E-state index contributed by atoms with van der Waals surface area (Å²) in [7, 11) is -6.33. The summed E-state index contributed by atoms with van der Waals surface area (Å²) < 4.78 is 103. The largest absolute Gasteiger partial charge is 0.534 e. The van der Waals surface area contributed by atoms with E-state index < -0.39 is 67.9 Å². The number of halogens is 3. The van der Waals surface area contributed by atoms with Gasteiger partial charge in [-0.2, -0.15) is 21.6 Å². The predicted octanol–water partition coefficient (Wildman–Crippen LogP) is 6.91. The van der Waals surface area contributed by atoms with Gasteiger partial charge in [-0.3, -0.25) is 33.9 Å². The Morgan fingerprint density at radius 3 is 1.52 bits per heavy atom. The Morgan fingerprint density at radius 2 is 1.09 bits per heavy atom. The molecule has 0 spiro atoms. The van der Waals surface area contributed by atoms with Crippen molar-refractivity contribution in [3.05, 3.63) is 59.1 Å². The number of carbonyl (C=O) groups excluding carboxylic acids is 4. The average Bonchev–Trinajstić information content (AvgIpc) is 3.80. The molecule has 4 amide bonds. The van der Waals surface area contributed by atoms with Crippen LogP contribution in [0.5, 0.6) is 23.0 Å². The van der Waals surface area contributed by atoms with E-state index in [2.05, 4.69) is 43.5 Å². The molecule has 2 atom stereocenters. The first kappa shape index (κ1) is 50.3. The third-order valence-electron chi connectivity index (χ3n) is 11.1. The molecule has 6 rings (SSSR count). The van der Waals surface area contributed by atoms with Gasteiger partial charge >= 0.3 is 15.6 Å². The first-order chi connectivity index (χ1) is 30.8. The summed E-state index contributed by atoms with van der Waals surface area (Å²) in [6, 6.07) is 5.34. The lowest BCUT2D eigenvalue weighted by Gasteiger charge is -2.27. The molecule has 2 aromatic carbocycles. The van der Waals surface area contributed by atoms with Crippen molar-refractivity contribution in [2.24, 2.45) is 0 Å². The Balaban J connectivity index is 1.22. The maximum atomic E-state index is 14.2. The zero-order valence-electron chi connectivity index (χ0n) is 38.5. The van der Waals surface area contributed by atoms with Crippen molar-refractivity contribution in [2.75, 3.05) is 63.9 Å². The smallest absolute Gasteiger partial charge is 0.493 e. The number of ether oxygens (including phenoxy) is 6. The van der Waals surface area contributed by atoms with Gasteiger partial charge in [0.05, 0.1) is 49.9 Å². The van der Waals surface area contributed by atoms with Crippen molar-refractivity contribution in [1.82, 2.24) is 9.80 Å². The van der Waals surface area contributed by atoms with Crippen LogP contribution >= 0.6 is 0 Å². The summed E-state index contributed by atoms with van der Waals surface area (Å²) in [5, 5.41) is 0. The van der Waals surface area contributed by atoms with Gasteiger partial charge in [0.2, 0.25) is 0 Å². The fourth-order valence-electron chi connectivity index (χ4n) is 7.49. The molecule has 4 aliphatic heterocycles. The maximum absolute atomic E-state index is 14.2. The van der Waals surface area contributed by atoms with Crippen LogP contribution in [0.15, 0.2) is 48.0 Å². The molecular weight excluding hydrogens is 926 g/mol. The summed E-state index contributed by atoms with van der Waals surface area (Å²) in [4.78, 5) is 61.1. The maximum Gasteiger partial charge on any atom is 0.534 e. The third-order valence-corrected chi connectivity index (χ3v) is 15.5. The second-order valence-corrected chi connectivity index (χ2v) is 31.5. The highest BCUT2D eigenvalue weighted by molar-refractivity contribution is 7.87.